The van der Waals surface area contributed by atoms with Crippen LogP contribution in [0.25, 0.3) is 0 Å². The standard InChI is InChI=1S/C16H26O3/c1-11(14(17)19-4)12-6-9-15(2)7-5-8-16(3,18)13(15)10-12/h12-13,18H,1,5-10H2,2-4H3/t12?,13?,15?,16-/m1/s1. The zero-order valence-electron chi connectivity index (χ0n) is 12.4. The predicted octanol–water partition coefficient (Wildman–Crippen LogP) is 3.07. The molecular weight excluding hydrogens is 240 g/mol. The lowest BCUT2D eigenvalue weighted by molar-refractivity contribution is -0.140. The van der Waals surface area contributed by atoms with Crippen molar-refractivity contribution < 1.29 is 14.6 Å². The Hall–Kier alpha value is -0.830. The summed E-state index contributed by atoms with van der Waals surface area (Å²) in [6.07, 6.45) is 6.06. The molecule has 0 amide bonds. The van der Waals surface area contributed by atoms with Crippen molar-refractivity contribution in [3.05, 3.63) is 12.2 Å². The molecule has 19 heavy (non-hydrogen) atoms. The van der Waals surface area contributed by atoms with Crippen LogP contribution in [0.1, 0.15) is 52.4 Å². The number of aliphatic hydroxyl groups is 1. The van der Waals surface area contributed by atoms with Crippen molar-refractivity contribution in [2.24, 2.45) is 17.3 Å². The van der Waals surface area contributed by atoms with E-state index in [0.29, 0.717) is 5.57 Å². The Balaban J connectivity index is 2.16. The number of hydrogen-bond acceptors (Lipinski definition) is 3. The normalized spacial score (nSPS) is 42.3. The fourth-order valence-electron chi connectivity index (χ4n) is 4.31. The first-order chi connectivity index (χ1) is 8.80. The molecule has 3 unspecified atom stereocenters. The molecule has 0 aromatic carbocycles. The molecule has 3 heteroatoms. The van der Waals surface area contributed by atoms with Gasteiger partial charge in [0.1, 0.15) is 0 Å². The largest absolute Gasteiger partial charge is 0.466 e. The molecule has 2 saturated carbocycles. The molecular formula is C16H26O3. The maximum absolute atomic E-state index is 11.6. The van der Waals surface area contributed by atoms with Gasteiger partial charge in [0, 0.05) is 5.57 Å². The van der Waals surface area contributed by atoms with Gasteiger partial charge in [-0.25, -0.2) is 4.79 Å². The zero-order valence-corrected chi connectivity index (χ0v) is 12.4. The average Bonchev–Trinajstić information content (AvgIpc) is 2.36. The summed E-state index contributed by atoms with van der Waals surface area (Å²) >= 11 is 0. The highest BCUT2D eigenvalue weighted by Crippen LogP contribution is 2.56. The van der Waals surface area contributed by atoms with Crippen LogP contribution in [-0.4, -0.2) is 23.8 Å². The SMILES string of the molecule is C=C(C(=O)OC)C1CCC2(C)CCC[C@@](C)(O)C2C1. The fraction of sp³-hybridized carbons (Fsp3) is 0.812. The molecule has 108 valence electrons. The molecule has 4 atom stereocenters. The van der Waals surface area contributed by atoms with E-state index in [4.69, 9.17) is 4.74 Å². The Bertz CT molecular complexity index is 385. The van der Waals surface area contributed by atoms with Crippen LogP contribution >= 0.6 is 0 Å². The molecule has 0 aliphatic heterocycles. The van der Waals surface area contributed by atoms with Gasteiger partial charge in [0.2, 0.25) is 0 Å². The second-order valence-electron chi connectivity index (χ2n) is 6.91. The van der Waals surface area contributed by atoms with E-state index >= 15 is 0 Å². The highest BCUT2D eigenvalue weighted by atomic mass is 16.5. The number of rotatable bonds is 2. The second-order valence-corrected chi connectivity index (χ2v) is 6.91. The minimum Gasteiger partial charge on any atom is -0.466 e. The average molecular weight is 266 g/mol. The molecule has 0 bridgehead atoms. The van der Waals surface area contributed by atoms with Crippen LogP contribution in [0, 0.1) is 17.3 Å². The lowest BCUT2D eigenvalue weighted by Gasteiger charge is -2.54. The van der Waals surface area contributed by atoms with Gasteiger partial charge in [0.25, 0.3) is 0 Å². The van der Waals surface area contributed by atoms with Crippen molar-refractivity contribution in [2.75, 3.05) is 7.11 Å². The molecule has 3 nitrogen and oxygen atoms in total. The summed E-state index contributed by atoms with van der Waals surface area (Å²) in [5, 5.41) is 10.7. The minimum absolute atomic E-state index is 0.162. The van der Waals surface area contributed by atoms with Crippen molar-refractivity contribution >= 4 is 5.97 Å². The number of esters is 1. The van der Waals surface area contributed by atoms with Gasteiger partial charge in [0.15, 0.2) is 0 Å². The van der Waals surface area contributed by atoms with Gasteiger partial charge in [-0.15, -0.1) is 0 Å². The van der Waals surface area contributed by atoms with E-state index in [1.54, 1.807) is 0 Å². The molecule has 0 aromatic rings. The Kier molecular flexibility index (Phi) is 3.78. The Labute approximate surface area is 116 Å². The van der Waals surface area contributed by atoms with E-state index in [-0.39, 0.29) is 23.2 Å². The predicted molar refractivity (Wildman–Crippen MR) is 74.6 cm³/mol. The number of ether oxygens (including phenoxy) is 1. The third-order valence-electron chi connectivity index (χ3n) is 5.55. The van der Waals surface area contributed by atoms with Crippen molar-refractivity contribution in [1.82, 2.24) is 0 Å². The smallest absolute Gasteiger partial charge is 0.333 e. The number of fused-ring (bicyclic) bond motifs is 1. The maximum atomic E-state index is 11.6. The molecule has 1 N–H and O–H groups in total. The molecule has 2 aliphatic rings. The van der Waals surface area contributed by atoms with E-state index < -0.39 is 5.60 Å². The van der Waals surface area contributed by atoms with Crippen molar-refractivity contribution in [2.45, 2.75) is 58.0 Å². The van der Waals surface area contributed by atoms with Gasteiger partial charge < -0.3 is 9.84 Å². The van der Waals surface area contributed by atoms with Crippen LogP contribution < -0.4 is 0 Å². The molecule has 2 rings (SSSR count). The first-order valence-corrected chi connectivity index (χ1v) is 7.30. The summed E-state index contributed by atoms with van der Waals surface area (Å²) in [5.74, 6) is 0.119. The molecule has 0 heterocycles. The van der Waals surface area contributed by atoms with Gasteiger partial charge in [-0.05, 0) is 56.3 Å². The summed E-state index contributed by atoms with van der Waals surface area (Å²) in [6.45, 7) is 8.15. The Morgan fingerprint density at radius 3 is 2.63 bits per heavy atom. The molecule has 0 saturated heterocycles. The topological polar surface area (TPSA) is 46.5 Å². The van der Waals surface area contributed by atoms with Gasteiger partial charge in [-0.2, -0.15) is 0 Å². The zero-order chi connectivity index (χ0) is 14.3. The fourth-order valence-corrected chi connectivity index (χ4v) is 4.31. The molecule has 0 radical (unpaired) electrons. The first kappa shape index (κ1) is 14.6. The number of methoxy groups -OCH3 is 1. The number of carbonyl (C=O) groups is 1. The van der Waals surface area contributed by atoms with Gasteiger partial charge >= 0.3 is 5.97 Å². The van der Waals surface area contributed by atoms with Gasteiger partial charge in [0.05, 0.1) is 12.7 Å². The van der Waals surface area contributed by atoms with E-state index in [1.165, 1.54) is 13.5 Å². The summed E-state index contributed by atoms with van der Waals surface area (Å²) in [4.78, 5) is 11.6. The lowest BCUT2D eigenvalue weighted by atomic mass is 9.53. The van der Waals surface area contributed by atoms with E-state index in [9.17, 15) is 9.90 Å². The third kappa shape index (κ3) is 2.58. The molecule has 2 fully saturated rings. The monoisotopic (exact) mass is 266 g/mol. The summed E-state index contributed by atoms with van der Waals surface area (Å²) in [6, 6.07) is 0. The summed E-state index contributed by atoms with van der Waals surface area (Å²) in [5.41, 5.74) is 0.183. The van der Waals surface area contributed by atoms with Crippen molar-refractivity contribution in [1.29, 1.82) is 0 Å². The van der Waals surface area contributed by atoms with Crippen LogP contribution in [0.5, 0.6) is 0 Å². The lowest BCUT2D eigenvalue weighted by Crippen LogP contribution is -2.51. The van der Waals surface area contributed by atoms with Crippen LogP contribution in [0.4, 0.5) is 0 Å². The highest BCUT2D eigenvalue weighted by Gasteiger charge is 2.51. The summed E-state index contributed by atoms with van der Waals surface area (Å²) < 4.78 is 4.78. The van der Waals surface area contributed by atoms with Crippen molar-refractivity contribution in [3.63, 3.8) is 0 Å². The van der Waals surface area contributed by atoms with E-state index in [1.807, 2.05) is 6.92 Å². The summed E-state index contributed by atoms with van der Waals surface area (Å²) in [7, 11) is 1.40. The maximum Gasteiger partial charge on any atom is 0.333 e. The Morgan fingerprint density at radius 2 is 2.00 bits per heavy atom. The van der Waals surface area contributed by atoms with E-state index in [2.05, 4.69) is 13.5 Å². The first-order valence-electron chi connectivity index (χ1n) is 7.30. The molecule has 2 aliphatic carbocycles. The van der Waals surface area contributed by atoms with E-state index in [0.717, 1.165) is 32.1 Å². The van der Waals surface area contributed by atoms with Crippen LogP contribution in [0.2, 0.25) is 0 Å². The van der Waals surface area contributed by atoms with Gasteiger partial charge in [-0.1, -0.05) is 19.9 Å². The highest BCUT2D eigenvalue weighted by molar-refractivity contribution is 5.88. The number of carbonyl (C=O) groups excluding carboxylic acids is 1. The molecule has 0 spiro atoms. The Morgan fingerprint density at radius 1 is 1.32 bits per heavy atom. The third-order valence-corrected chi connectivity index (χ3v) is 5.55. The van der Waals surface area contributed by atoms with Crippen molar-refractivity contribution in [3.8, 4) is 0 Å². The van der Waals surface area contributed by atoms with Crippen LogP contribution in [0.15, 0.2) is 12.2 Å². The quantitative estimate of drug-likeness (QED) is 0.617. The second kappa shape index (κ2) is 4.93. The minimum atomic E-state index is -0.609. The van der Waals surface area contributed by atoms with Crippen LogP contribution in [-0.2, 0) is 9.53 Å². The number of hydrogen-bond donors (Lipinski definition) is 1. The molecule has 0 aromatic heterocycles. The van der Waals surface area contributed by atoms with Gasteiger partial charge in [-0.3, -0.25) is 0 Å². The van der Waals surface area contributed by atoms with Crippen LogP contribution in [0.3, 0.4) is 0 Å².